The average Bonchev–Trinajstić information content (AvgIpc) is 3.14. The molecule has 3 rings (SSSR count). The van der Waals surface area contributed by atoms with Crippen molar-refractivity contribution in [3.8, 4) is 11.5 Å². The van der Waals surface area contributed by atoms with Gasteiger partial charge in [0.2, 0.25) is 5.95 Å². The lowest BCUT2D eigenvalue weighted by Crippen LogP contribution is -2.30. The van der Waals surface area contributed by atoms with Crippen LogP contribution in [0.5, 0.6) is 11.5 Å². The first-order valence-electron chi connectivity index (χ1n) is 8.36. The predicted molar refractivity (Wildman–Crippen MR) is 96.9 cm³/mol. The zero-order chi connectivity index (χ0) is 19.4. The van der Waals surface area contributed by atoms with Crippen molar-refractivity contribution < 1.29 is 23.7 Å². The Balaban J connectivity index is 2.05. The van der Waals surface area contributed by atoms with Crippen LogP contribution in [0.15, 0.2) is 35.8 Å². The SMILES string of the molecule is COCCOC(=O)C1=C(C)Nc2ncnn2[C@H]1c1ccc(OC)c(OC)c1. The second-order valence-electron chi connectivity index (χ2n) is 5.84. The van der Waals surface area contributed by atoms with Gasteiger partial charge in [0.25, 0.3) is 0 Å². The van der Waals surface area contributed by atoms with Gasteiger partial charge >= 0.3 is 5.97 Å². The van der Waals surface area contributed by atoms with E-state index in [0.717, 1.165) is 5.56 Å². The van der Waals surface area contributed by atoms with Crippen molar-refractivity contribution in [1.29, 1.82) is 0 Å². The Morgan fingerprint density at radius 1 is 1.19 bits per heavy atom. The van der Waals surface area contributed by atoms with Gasteiger partial charge in [0.05, 0.1) is 26.4 Å². The van der Waals surface area contributed by atoms with Crippen molar-refractivity contribution in [1.82, 2.24) is 14.8 Å². The van der Waals surface area contributed by atoms with E-state index in [1.54, 1.807) is 39.0 Å². The highest BCUT2D eigenvalue weighted by molar-refractivity contribution is 5.92. The lowest BCUT2D eigenvalue weighted by atomic mass is 9.95. The van der Waals surface area contributed by atoms with Crippen molar-refractivity contribution in [2.24, 2.45) is 0 Å². The van der Waals surface area contributed by atoms with E-state index >= 15 is 0 Å². The topological polar surface area (TPSA) is 96.7 Å². The maximum atomic E-state index is 12.8. The van der Waals surface area contributed by atoms with Gasteiger partial charge in [-0.1, -0.05) is 6.07 Å². The number of hydrogen-bond donors (Lipinski definition) is 1. The molecule has 1 aliphatic rings. The van der Waals surface area contributed by atoms with Gasteiger partial charge in [0.15, 0.2) is 11.5 Å². The van der Waals surface area contributed by atoms with E-state index in [1.165, 1.54) is 6.33 Å². The van der Waals surface area contributed by atoms with E-state index in [0.29, 0.717) is 35.3 Å². The first-order valence-corrected chi connectivity index (χ1v) is 8.36. The van der Waals surface area contributed by atoms with Crippen LogP contribution in [0.4, 0.5) is 5.95 Å². The fraction of sp³-hybridized carbons (Fsp3) is 0.389. The number of fused-ring (bicyclic) bond motifs is 1. The third-order valence-electron chi connectivity index (χ3n) is 4.26. The first kappa shape index (κ1) is 18.7. The molecule has 0 amide bonds. The molecule has 9 heteroatoms. The van der Waals surface area contributed by atoms with Crippen LogP contribution in [-0.4, -0.2) is 55.3 Å². The van der Waals surface area contributed by atoms with Gasteiger partial charge in [0.1, 0.15) is 19.0 Å². The molecule has 1 aliphatic heterocycles. The summed E-state index contributed by atoms with van der Waals surface area (Å²) in [6.07, 6.45) is 1.43. The molecule has 1 aromatic heterocycles. The fourth-order valence-corrected chi connectivity index (χ4v) is 2.98. The lowest BCUT2D eigenvalue weighted by molar-refractivity contribution is -0.140. The van der Waals surface area contributed by atoms with Gasteiger partial charge in [0, 0.05) is 12.8 Å². The number of rotatable bonds is 7. The van der Waals surface area contributed by atoms with E-state index in [4.69, 9.17) is 18.9 Å². The number of carbonyl (C=O) groups excluding carboxylic acids is 1. The number of anilines is 1. The summed E-state index contributed by atoms with van der Waals surface area (Å²) in [6.45, 7) is 2.29. The Labute approximate surface area is 156 Å². The van der Waals surface area contributed by atoms with Crippen LogP contribution in [0.3, 0.4) is 0 Å². The summed E-state index contributed by atoms with van der Waals surface area (Å²) in [7, 11) is 4.68. The van der Waals surface area contributed by atoms with Crippen LogP contribution in [0, 0.1) is 0 Å². The summed E-state index contributed by atoms with van der Waals surface area (Å²) in [4.78, 5) is 17.0. The van der Waals surface area contributed by atoms with Crippen molar-refractivity contribution in [2.75, 3.05) is 39.9 Å². The molecule has 1 N–H and O–H groups in total. The fourth-order valence-electron chi connectivity index (χ4n) is 2.98. The zero-order valence-corrected chi connectivity index (χ0v) is 15.7. The Morgan fingerprint density at radius 3 is 2.67 bits per heavy atom. The van der Waals surface area contributed by atoms with Crippen molar-refractivity contribution >= 4 is 11.9 Å². The minimum atomic E-state index is -0.515. The summed E-state index contributed by atoms with van der Waals surface area (Å²) >= 11 is 0. The summed E-state index contributed by atoms with van der Waals surface area (Å²) in [6, 6.07) is 4.95. The number of benzene rings is 1. The van der Waals surface area contributed by atoms with Crippen molar-refractivity contribution in [3.05, 3.63) is 41.4 Å². The molecule has 0 saturated heterocycles. The summed E-state index contributed by atoms with van der Waals surface area (Å²) < 4.78 is 22.7. The number of esters is 1. The molecule has 0 aliphatic carbocycles. The van der Waals surface area contributed by atoms with Crippen molar-refractivity contribution in [2.45, 2.75) is 13.0 Å². The molecule has 0 unspecified atom stereocenters. The molecule has 2 heterocycles. The molecule has 144 valence electrons. The highest BCUT2D eigenvalue weighted by atomic mass is 16.6. The third kappa shape index (κ3) is 3.59. The Morgan fingerprint density at radius 2 is 1.96 bits per heavy atom. The largest absolute Gasteiger partial charge is 0.493 e. The zero-order valence-electron chi connectivity index (χ0n) is 15.7. The Hall–Kier alpha value is -3.07. The van der Waals surface area contributed by atoms with Crippen LogP contribution in [0.1, 0.15) is 18.5 Å². The van der Waals surface area contributed by atoms with E-state index in [2.05, 4.69) is 15.4 Å². The molecule has 2 aromatic rings. The minimum absolute atomic E-state index is 0.162. The molecule has 9 nitrogen and oxygen atoms in total. The van der Waals surface area contributed by atoms with E-state index < -0.39 is 12.0 Å². The number of ether oxygens (including phenoxy) is 4. The summed E-state index contributed by atoms with van der Waals surface area (Å²) in [5, 5.41) is 7.37. The minimum Gasteiger partial charge on any atom is -0.493 e. The van der Waals surface area contributed by atoms with Gasteiger partial charge in [-0.15, -0.1) is 0 Å². The molecule has 0 bridgehead atoms. The maximum Gasteiger partial charge on any atom is 0.338 e. The van der Waals surface area contributed by atoms with Crippen LogP contribution in [0.25, 0.3) is 0 Å². The Kier molecular flexibility index (Phi) is 5.60. The van der Waals surface area contributed by atoms with Crippen LogP contribution < -0.4 is 14.8 Å². The quantitative estimate of drug-likeness (QED) is 0.579. The van der Waals surface area contributed by atoms with E-state index in [-0.39, 0.29) is 6.61 Å². The number of aromatic nitrogens is 3. The van der Waals surface area contributed by atoms with E-state index in [1.807, 2.05) is 12.1 Å². The number of carbonyl (C=O) groups is 1. The molecule has 27 heavy (non-hydrogen) atoms. The van der Waals surface area contributed by atoms with Gasteiger partial charge in [-0.05, 0) is 24.6 Å². The van der Waals surface area contributed by atoms with Gasteiger partial charge in [-0.2, -0.15) is 10.1 Å². The van der Waals surface area contributed by atoms with Gasteiger partial charge in [-0.25, -0.2) is 9.48 Å². The van der Waals surface area contributed by atoms with E-state index in [9.17, 15) is 4.79 Å². The van der Waals surface area contributed by atoms with Gasteiger partial charge < -0.3 is 24.3 Å². The smallest absolute Gasteiger partial charge is 0.338 e. The third-order valence-corrected chi connectivity index (χ3v) is 4.26. The van der Waals surface area contributed by atoms with Crippen LogP contribution >= 0.6 is 0 Å². The van der Waals surface area contributed by atoms with Gasteiger partial charge in [-0.3, -0.25) is 0 Å². The molecule has 0 spiro atoms. The Bertz CT molecular complexity index is 861. The second kappa shape index (κ2) is 8.09. The lowest BCUT2D eigenvalue weighted by Gasteiger charge is -2.28. The number of methoxy groups -OCH3 is 3. The standard InChI is InChI=1S/C18H22N4O5/c1-11-15(17(23)27-8-7-24-2)16(22-18(21-11)19-10-20-22)12-5-6-13(25-3)14(9-12)26-4/h5-6,9-10,16H,7-8H2,1-4H3,(H,19,20,21)/t16-/m0/s1. The highest BCUT2D eigenvalue weighted by Crippen LogP contribution is 2.38. The number of nitrogens with one attached hydrogen (secondary N) is 1. The number of hydrogen-bond acceptors (Lipinski definition) is 8. The van der Waals surface area contributed by atoms with Crippen LogP contribution in [-0.2, 0) is 14.3 Å². The van der Waals surface area contributed by atoms with Crippen LogP contribution in [0.2, 0.25) is 0 Å². The van der Waals surface area contributed by atoms with Crippen molar-refractivity contribution in [3.63, 3.8) is 0 Å². The number of nitrogens with zero attached hydrogens (tertiary/aromatic N) is 3. The first-order chi connectivity index (χ1) is 13.1. The predicted octanol–water partition coefficient (Wildman–Crippen LogP) is 1.77. The molecule has 0 fully saturated rings. The monoisotopic (exact) mass is 374 g/mol. The maximum absolute atomic E-state index is 12.8. The highest BCUT2D eigenvalue weighted by Gasteiger charge is 2.34. The second-order valence-corrected chi connectivity index (χ2v) is 5.84. The average molecular weight is 374 g/mol. The molecule has 0 radical (unpaired) electrons. The molecular formula is C18H22N4O5. The molecular weight excluding hydrogens is 352 g/mol. The normalized spacial score (nSPS) is 15.8. The number of allylic oxidation sites excluding steroid dienone is 1. The summed E-state index contributed by atoms with van der Waals surface area (Å²) in [5.74, 6) is 1.25. The molecule has 0 saturated carbocycles. The molecule has 1 atom stereocenters. The summed E-state index contributed by atoms with van der Waals surface area (Å²) in [5.41, 5.74) is 1.88. The molecule has 1 aromatic carbocycles.